The number of fused-ring (bicyclic) bond motifs is 1. The lowest BCUT2D eigenvalue weighted by molar-refractivity contribution is -0.122. The van der Waals surface area contributed by atoms with Crippen LogP contribution >= 0.6 is 0 Å². The Morgan fingerprint density at radius 1 is 1.19 bits per heavy atom. The van der Waals surface area contributed by atoms with Gasteiger partial charge in [0, 0.05) is 12.4 Å². The molecule has 1 aromatic carbocycles. The molecule has 0 unspecified atom stereocenters. The molecule has 0 saturated heterocycles. The molecule has 3 heterocycles. The van der Waals surface area contributed by atoms with Crippen molar-refractivity contribution in [3.63, 3.8) is 0 Å². The van der Waals surface area contributed by atoms with E-state index in [0.717, 1.165) is 4.57 Å². The molecule has 1 atom stereocenters. The number of carbonyl (C=O) groups is 1. The highest BCUT2D eigenvalue weighted by Crippen LogP contribution is 2.30. The first kappa shape index (κ1) is 16.8. The van der Waals surface area contributed by atoms with E-state index >= 15 is 0 Å². The fourth-order valence-corrected chi connectivity index (χ4v) is 2.57. The van der Waals surface area contributed by atoms with Crippen LogP contribution in [0.15, 0.2) is 52.0 Å². The average molecular weight is 369 g/mol. The molecule has 1 aliphatic heterocycles. The van der Waals surface area contributed by atoms with Crippen LogP contribution in [-0.4, -0.2) is 44.9 Å². The first-order valence-corrected chi connectivity index (χ1v) is 8.20. The van der Waals surface area contributed by atoms with Crippen molar-refractivity contribution in [1.29, 1.82) is 0 Å². The van der Waals surface area contributed by atoms with E-state index in [1.807, 2.05) is 18.2 Å². The van der Waals surface area contributed by atoms with E-state index in [1.165, 1.54) is 12.4 Å². The Morgan fingerprint density at radius 3 is 2.78 bits per heavy atom. The van der Waals surface area contributed by atoms with Crippen molar-refractivity contribution in [1.82, 2.24) is 25.0 Å². The number of ether oxygens (including phenoxy) is 2. The molecular formula is C17H15N5O5. The zero-order valence-corrected chi connectivity index (χ0v) is 14.1. The van der Waals surface area contributed by atoms with Crippen molar-refractivity contribution < 1.29 is 18.8 Å². The molecule has 10 heteroatoms. The van der Waals surface area contributed by atoms with Crippen molar-refractivity contribution in [2.24, 2.45) is 0 Å². The van der Waals surface area contributed by atoms with Crippen LogP contribution in [0.4, 0.5) is 0 Å². The minimum Gasteiger partial charge on any atom is -0.486 e. The number of rotatable bonds is 5. The number of hydrogen-bond donors (Lipinski definition) is 1. The first-order valence-electron chi connectivity index (χ1n) is 8.20. The Labute approximate surface area is 152 Å². The maximum atomic E-state index is 12.3. The van der Waals surface area contributed by atoms with Gasteiger partial charge in [0.15, 0.2) is 17.3 Å². The van der Waals surface area contributed by atoms with Crippen LogP contribution < -0.4 is 20.5 Å². The number of nitrogens with zero attached hydrogens (tertiary/aromatic N) is 4. The highest BCUT2D eigenvalue weighted by molar-refractivity contribution is 5.76. The molecule has 138 valence electrons. The van der Waals surface area contributed by atoms with E-state index < -0.39 is 11.7 Å². The van der Waals surface area contributed by atoms with Gasteiger partial charge in [-0.2, -0.15) is 0 Å². The van der Waals surface area contributed by atoms with E-state index in [0.29, 0.717) is 18.1 Å². The second kappa shape index (κ2) is 7.28. The topological polar surface area (TPSA) is 121 Å². The molecule has 3 aromatic rings. The Bertz CT molecular complexity index is 1000. The maximum Gasteiger partial charge on any atom is 0.442 e. The fraction of sp³-hybridized carbons (Fsp3) is 0.235. The fourth-order valence-electron chi connectivity index (χ4n) is 2.57. The predicted molar refractivity (Wildman–Crippen MR) is 91.2 cm³/mol. The van der Waals surface area contributed by atoms with Crippen LogP contribution in [0.5, 0.6) is 11.5 Å². The minimum absolute atomic E-state index is 0.0851. The third-order valence-corrected chi connectivity index (χ3v) is 3.85. The van der Waals surface area contributed by atoms with Crippen LogP contribution in [0, 0.1) is 0 Å². The van der Waals surface area contributed by atoms with Crippen LogP contribution in [0.2, 0.25) is 0 Å². The SMILES string of the molecule is O=C(Cn1c(-c2ncccn2)noc1=O)NC[C@@H]1COc2ccccc2O1. The summed E-state index contributed by atoms with van der Waals surface area (Å²) in [6.07, 6.45) is 2.67. The number of carbonyl (C=O) groups excluding carboxylic acids is 1. The third kappa shape index (κ3) is 3.64. The van der Waals surface area contributed by atoms with Crippen molar-refractivity contribution >= 4 is 5.91 Å². The summed E-state index contributed by atoms with van der Waals surface area (Å²) in [7, 11) is 0. The standard InChI is InChI=1S/C17H15N5O5/c23-14(20-8-11-10-25-12-4-1-2-5-13(12)26-11)9-22-16(21-27-17(22)24)15-18-6-3-7-19-15/h1-7,11H,8-10H2,(H,20,23)/t11-/m1/s1. The van der Waals surface area contributed by atoms with Gasteiger partial charge in [0.1, 0.15) is 19.3 Å². The Hall–Kier alpha value is -3.69. The zero-order chi connectivity index (χ0) is 18.6. The maximum absolute atomic E-state index is 12.3. The minimum atomic E-state index is -0.765. The second-order valence-electron chi connectivity index (χ2n) is 5.73. The monoisotopic (exact) mass is 369 g/mol. The van der Waals surface area contributed by atoms with Gasteiger partial charge < -0.3 is 14.8 Å². The molecule has 27 heavy (non-hydrogen) atoms. The molecule has 1 N–H and O–H groups in total. The van der Waals surface area contributed by atoms with Gasteiger partial charge in [0.25, 0.3) is 0 Å². The van der Waals surface area contributed by atoms with Gasteiger partial charge in [-0.3, -0.25) is 9.32 Å². The molecule has 0 spiro atoms. The molecule has 0 bridgehead atoms. The van der Waals surface area contributed by atoms with Crippen LogP contribution in [0.25, 0.3) is 11.6 Å². The number of benzene rings is 1. The summed E-state index contributed by atoms with van der Waals surface area (Å²) in [6.45, 7) is 0.262. The van der Waals surface area contributed by atoms with Crippen molar-refractivity contribution in [2.75, 3.05) is 13.2 Å². The van der Waals surface area contributed by atoms with E-state index in [2.05, 4.69) is 25.0 Å². The number of para-hydroxylation sites is 2. The second-order valence-corrected chi connectivity index (χ2v) is 5.73. The summed E-state index contributed by atoms with van der Waals surface area (Å²) < 4.78 is 17.1. The van der Waals surface area contributed by atoms with E-state index in [-0.39, 0.29) is 30.8 Å². The Balaban J connectivity index is 1.38. The number of aromatic nitrogens is 4. The highest BCUT2D eigenvalue weighted by atomic mass is 16.6. The first-order chi connectivity index (χ1) is 13.2. The molecule has 0 radical (unpaired) electrons. The Kier molecular flexibility index (Phi) is 4.52. The molecule has 0 saturated carbocycles. The summed E-state index contributed by atoms with van der Waals surface area (Å²) in [5.41, 5.74) is 0. The molecule has 1 amide bonds. The Morgan fingerprint density at radius 2 is 1.96 bits per heavy atom. The molecule has 10 nitrogen and oxygen atoms in total. The smallest absolute Gasteiger partial charge is 0.442 e. The van der Waals surface area contributed by atoms with E-state index in [1.54, 1.807) is 12.1 Å². The van der Waals surface area contributed by atoms with Gasteiger partial charge in [-0.05, 0) is 18.2 Å². The van der Waals surface area contributed by atoms with Crippen LogP contribution in [-0.2, 0) is 11.3 Å². The molecule has 0 fully saturated rings. The summed E-state index contributed by atoms with van der Waals surface area (Å²) in [5.74, 6) is 0.405. The normalized spacial score (nSPS) is 15.3. The number of nitrogens with one attached hydrogen (secondary N) is 1. The summed E-state index contributed by atoms with van der Waals surface area (Å²) in [5, 5.41) is 6.35. The van der Waals surface area contributed by atoms with Crippen molar-refractivity contribution in [3.8, 4) is 23.1 Å². The predicted octanol–water partition coefficient (Wildman–Crippen LogP) is 0.249. The lowest BCUT2D eigenvalue weighted by Gasteiger charge is -2.26. The van der Waals surface area contributed by atoms with Gasteiger partial charge >= 0.3 is 5.76 Å². The largest absolute Gasteiger partial charge is 0.486 e. The van der Waals surface area contributed by atoms with Crippen LogP contribution in [0.3, 0.4) is 0 Å². The van der Waals surface area contributed by atoms with Gasteiger partial charge in [0.05, 0.1) is 6.54 Å². The summed E-state index contributed by atoms with van der Waals surface area (Å²) >= 11 is 0. The average Bonchev–Trinajstić information content (AvgIpc) is 3.07. The summed E-state index contributed by atoms with van der Waals surface area (Å²) in [4.78, 5) is 32.1. The highest BCUT2D eigenvalue weighted by Gasteiger charge is 2.22. The molecule has 4 rings (SSSR count). The van der Waals surface area contributed by atoms with Crippen molar-refractivity contribution in [2.45, 2.75) is 12.6 Å². The number of hydrogen-bond acceptors (Lipinski definition) is 8. The number of amides is 1. The summed E-state index contributed by atoms with van der Waals surface area (Å²) in [6, 6.07) is 8.94. The zero-order valence-electron chi connectivity index (χ0n) is 14.1. The van der Waals surface area contributed by atoms with Crippen molar-refractivity contribution in [3.05, 3.63) is 53.3 Å². The molecule has 0 aliphatic carbocycles. The van der Waals surface area contributed by atoms with Gasteiger partial charge in [-0.1, -0.05) is 17.3 Å². The molecule has 1 aliphatic rings. The van der Waals surface area contributed by atoms with Gasteiger partial charge in [-0.15, -0.1) is 0 Å². The lowest BCUT2D eigenvalue weighted by atomic mass is 10.2. The third-order valence-electron chi connectivity index (χ3n) is 3.85. The van der Waals surface area contributed by atoms with Crippen LogP contribution in [0.1, 0.15) is 0 Å². The van der Waals surface area contributed by atoms with E-state index in [4.69, 9.17) is 9.47 Å². The van der Waals surface area contributed by atoms with Gasteiger partial charge in [-0.25, -0.2) is 19.3 Å². The van der Waals surface area contributed by atoms with E-state index in [9.17, 15) is 9.59 Å². The quantitative estimate of drug-likeness (QED) is 0.679. The lowest BCUT2D eigenvalue weighted by Crippen LogP contribution is -2.42. The van der Waals surface area contributed by atoms with Gasteiger partial charge in [0.2, 0.25) is 11.7 Å². The molecule has 2 aromatic heterocycles. The molecular weight excluding hydrogens is 354 g/mol.